The maximum Gasteiger partial charge on any atom is 0.253 e. The highest BCUT2D eigenvalue weighted by molar-refractivity contribution is 5.94. The minimum Gasteiger partial charge on any atom is -0.508 e. The second kappa shape index (κ2) is 6.27. The summed E-state index contributed by atoms with van der Waals surface area (Å²) in [5.41, 5.74) is 1.36. The van der Waals surface area contributed by atoms with Crippen LogP contribution in [0, 0.1) is 12.8 Å². The first kappa shape index (κ1) is 14.9. The van der Waals surface area contributed by atoms with Gasteiger partial charge in [0, 0.05) is 24.7 Å². The average molecular weight is 276 g/mol. The maximum absolute atomic E-state index is 12.5. The average Bonchev–Trinajstić information content (AvgIpc) is 2.43. The summed E-state index contributed by atoms with van der Waals surface area (Å²) >= 11 is 0. The summed E-state index contributed by atoms with van der Waals surface area (Å²) in [6.45, 7) is 8.63. The molecule has 110 valence electrons. The molecule has 1 saturated heterocycles. The van der Waals surface area contributed by atoms with E-state index in [1.807, 2.05) is 11.8 Å². The molecule has 2 unspecified atom stereocenters. The fourth-order valence-corrected chi connectivity index (χ4v) is 2.82. The number of rotatable bonds is 3. The molecular formula is C16H24N2O2. The van der Waals surface area contributed by atoms with Crippen molar-refractivity contribution in [3.63, 3.8) is 0 Å². The lowest BCUT2D eigenvalue weighted by atomic mass is 9.93. The Hall–Kier alpha value is -1.55. The lowest BCUT2D eigenvalue weighted by molar-refractivity contribution is 0.0646. The van der Waals surface area contributed by atoms with Gasteiger partial charge in [0.2, 0.25) is 0 Å². The van der Waals surface area contributed by atoms with Crippen molar-refractivity contribution in [2.24, 2.45) is 5.92 Å². The number of nitrogens with zero attached hydrogens (tertiary/aromatic N) is 1. The standard InChI is InChI=1S/C16H24N2O2/c1-4-17-14-7-8-18(10-12(14)3)16(20)13-6-5-11(2)15(19)9-13/h5-6,9,12,14,17,19H,4,7-8,10H2,1-3H3. The molecule has 0 saturated carbocycles. The number of carbonyl (C=O) groups excluding carboxylic acids is 1. The number of phenols is 1. The molecule has 1 aliphatic heterocycles. The molecule has 2 N–H and O–H groups in total. The van der Waals surface area contributed by atoms with E-state index in [0.717, 1.165) is 31.6 Å². The molecule has 1 aliphatic rings. The van der Waals surface area contributed by atoms with Crippen molar-refractivity contribution >= 4 is 5.91 Å². The van der Waals surface area contributed by atoms with Crippen LogP contribution < -0.4 is 5.32 Å². The second-order valence-electron chi connectivity index (χ2n) is 5.68. The van der Waals surface area contributed by atoms with E-state index in [9.17, 15) is 9.90 Å². The molecule has 1 aromatic rings. The number of carbonyl (C=O) groups is 1. The number of aryl methyl sites for hydroxylation is 1. The molecule has 2 rings (SSSR count). The monoisotopic (exact) mass is 276 g/mol. The van der Waals surface area contributed by atoms with E-state index in [1.165, 1.54) is 0 Å². The van der Waals surface area contributed by atoms with Crippen LogP contribution in [0.5, 0.6) is 5.75 Å². The maximum atomic E-state index is 12.5. The van der Waals surface area contributed by atoms with Crippen molar-refractivity contribution in [2.45, 2.75) is 33.2 Å². The second-order valence-corrected chi connectivity index (χ2v) is 5.68. The van der Waals surface area contributed by atoms with Crippen molar-refractivity contribution in [1.82, 2.24) is 10.2 Å². The highest BCUT2D eigenvalue weighted by atomic mass is 16.3. The zero-order valence-corrected chi connectivity index (χ0v) is 12.5. The van der Waals surface area contributed by atoms with Crippen LogP contribution in [0.2, 0.25) is 0 Å². The lowest BCUT2D eigenvalue weighted by Gasteiger charge is -2.37. The van der Waals surface area contributed by atoms with Gasteiger partial charge in [-0.3, -0.25) is 4.79 Å². The molecule has 0 aromatic heterocycles. The molecule has 0 aliphatic carbocycles. The van der Waals surface area contributed by atoms with Crippen molar-refractivity contribution in [3.8, 4) is 5.75 Å². The van der Waals surface area contributed by atoms with Gasteiger partial charge in [-0.15, -0.1) is 0 Å². The molecule has 0 bridgehead atoms. The Morgan fingerprint density at radius 3 is 2.85 bits per heavy atom. The number of amides is 1. The summed E-state index contributed by atoms with van der Waals surface area (Å²) in [4.78, 5) is 14.4. The number of likely N-dealkylation sites (tertiary alicyclic amines) is 1. The highest BCUT2D eigenvalue weighted by Gasteiger charge is 2.28. The Morgan fingerprint density at radius 1 is 1.50 bits per heavy atom. The van der Waals surface area contributed by atoms with Gasteiger partial charge in [-0.2, -0.15) is 0 Å². The van der Waals surface area contributed by atoms with Gasteiger partial charge in [0.1, 0.15) is 5.75 Å². The summed E-state index contributed by atoms with van der Waals surface area (Å²) in [6.07, 6.45) is 0.985. The molecule has 0 radical (unpaired) electrons. The summed E-state index contributed by atoms with van der Waals surface area (Å²) in [7, 11) is 0. The van der Waals surface area contributed by atoms with Crippen LogP contribution in [0.4, 0.5) is 0 Å². The SMILES string of the molecule is CCNC1CCN(C(=O)c2ccc(C)c(O)c2)CC1C. The van der Waals surface area contributed by atoms with Crippen LogP contribution >= 0.6 is 0 Å². The summed E-state index contributed by atoms with van der Waals surface area (Å²) in [5, 5.41) is 13.2. The number of hydrogen-bond acceptors (Lipinski definition) is 3. The third-order valence-corrected chi connectivity index (χ3v) is 4.11. The van der Waals surface area contributed by atoms with Crippen molar-refractivity contribution in [3.05, 3.63) is 29.3 Å². The van der Waals surface area contributed by atoms with Crippen LogP contribution in [0.1, 0.15) is 36.2 Å². The topological polar surface area (TPSA) is 52.6 Å². The molecule has 1 fully saturated rings. The van der Waals surface area contributed by atoms with E-state index in [2.05, 4.69) is 19.2 Å². The quantitative estimate of drug-likeness (QED) is 0.889. The molecule has 4 nitrogen and oxygen atoms in total. The van der Waals surface area contributed by atoms with E-state index >= 15 is 0 Å². The molecular weight excluding hydrogens is 252 g/mol. The van der Waals surface area contributed by atoms with Crippen LogP contribution in [-0.4, -0.2) is 41.6 Å². The summed E-state index contributed by atoms with van der Waals surface area (Å²) in [5.74, 6) is 0.653. The van der Waals surface area contributed by atoms with Crippen molar-refractivity contribution in [1.29, 1.82) is 0 Å². The van der Waals surface area contributed by atoms with Gasteiger partial charge in [0.05, 0.1) is 0 Å². The number of benzene rings is 1. The van der Waals surface area contributed by atoms with Crippen LogP contribution in [0.25, 0.3) is 0 Å². The molecule has 1 amide bonds. The fraction of sp³-hybridized carbons (Fsp3) is 0.562. The largest absolute Gasteiger partial charge is 0.508 e. The molecule has 0 spiro atoms. The summed E-state index contributed by atoms with van der Waals surface area (Å²) in [6, 6.07) is 5.64. The van der Waals surface area contributed by atoms with E-state index in [-0.39, 0.29) is 11.7 Å². The summed E-state index contributed by atoms with van der Waals surface area (Å²) < 4.78 is 0. The number of nitrogens with one attached hydrogen (secondary N) is 1. The first-order valence-electron chi connectivity index (χ1n) is 7.35. The van der Waals surface area contributed by atoms with E-state index < -0.39 is 0 Å². The van der Waals surface area contributed by atoms with Crippen LogP contribution in [0.15, 0.2) is 18.2 Å². The molecule has 2 atom stereocenters. The zero-order chi connectivity index (χ0) is 14.7. The number of piperidine rings is 1. The zero-order valence-electron chi connectivity index (χ0n) is 12.5. The predicted octanol–water partition coefficient (Wildman–Crippen LogP) is 2.16. The highest BCUT2D eigenvalue weighted by Crippen LogP contribution is 2.22. The predicted molar refractivity (Wildman–Crippen MR) is 80.0 cm³/mol. The van der Waals surface area contributed by atoms with Gasteiger partial charge in [0.15, 0.2) is 0 Å². The van der Waals surface area contributed by atoms with E-state index in [0.29, 0.717) is 17.5 Å². The first-order valence-corrected chi connectivity index (χ1v) is 7.35. The van der Waals surface area contributed by atoms with Gasteiger partial charge >= 0.3 is 0 Å². The Balaban J connectivity index is 2.05. The van der Waals surface area contributed by atoms with Crippen molar-refractivity contribution < 1.29 is 9.90 Å². The fourth-order valence-electron chi connectivity index (χ4n) is 2.82. The van der Waals surface area contributed by atoms with E-state index in [1.54, 1.807) is 18.2 Å². The molecule has 4 heteroatoms. The Morgan fingerprint density at radius 2 is 2.25 bits per heavy atom. The van der Waals surface area contributed by atoms with Gasteiger partial charge in [0.25, 0.3) is 5.91 Å². The minimum atomic E-state index is 0.0158. The third-order valence-electron chi connectivity index (χ3n) is 4.11. The third kappa shape index (κ3) is 3.12. The van der Waals surface area contributed by atoms with Gasteiger partial charge in [-0.05, 0) is 43.5 Å². The molecule has 20 heavy (non-hydrogen) atoms. The Bertz CT molecular complexity index is 487. The number of aromatic hydroxyl groups is 1. The smallest absolute Gasteiger partial charge is 0.253 e. The van der Waals surface area contributed by atoms with Gasteiger partial charge in [-0.1, -0.05) is 19.9 Å². The Kier molecular flexibility index (Phi) is 4.65. The number of hydrogen-bond donors (Lipinski definition) is 2. The minimum absolute atomic E-state index is 0.0158. The molecule has 1 aromatic carbocycles. The molecule has 1 heterocycles. The van der Waals surface area contributed by atoms with E-state index in [4.69, 9.17) is 0 Å². The normalized spacial score (nSPS) is 22.9. The van der Waals surface area contributed by atoms with Gasteiger partial charge in [-0.25, -0.2) is 0 Å². The van der Waals surface area contributed by atoms with Crippen LogP contribution in [-0.2, 0) is 0 Å². The van der Waals surface area contributed by atoms with Crippen LogP contribution in [0.3, 0.4) is 0 Å². The first-order chi connectivity index (χ1) is 9.52. The Labute approximate surface area is 120 Å². The lowest BCUT2D eigenvalue weighted by Crippen LogP contribution is -2.50. The number of phenolic OH excluding ortho intramolecular Hbond substituents is 1. The van der Waals surface area contributed by atoms with Gasteiger partial charge < -0.3 is 15.3 Å². The van der Waals surface area contributed by atoms with Crippen molar-refractivity contribution in [2.75, 3.05) is 19.6 Å².